The Morgan fingerprint density at radius 3 is 2.74 bits per heavy atom. The molecule has 2 aliphatic rings. The van der Waals surface area contributed by atoms with Crippen LogP contribution in [0.1, 0.15) is 57.2 Å². The lowest BCUT2D eigenvalue weighted by Gasteiger charge is -2.38. The van der Waals surface area contributed by atoms with Crippen molar-refractivity contribution in [3.63, 3.8) is 0 Å². The standard InChI is InChI=1S/C16H27N3/c1-19-12-11-17-15(19)7-10-16(8-3-2-4-9-16)13-18-14-5-6-14/h11-12,14,18H,2-10,13H2,1H3. The summed E-state index contributed by atoms with van der Waals surface area (Å²) in [6.45, 7) is 1.24. The minimum atomic E-state index is 0.548. The van der Waals surface area contributed by atoms with Crippen LogP contribution in [0.15, 0.2) is 12.4 Å². The number of hydrogen-bond donors (Lipinski definition) is 1. The second-order valence-corrected chi connectivity index (χ2v) is 6.67. The summed E-state index contributed by atoms with van der Waals surface area (Å²) >= 11 is 0. The van der Waals surface area contributed by atoms with Crippen LogP contribution < -0.4 is 5.32 Å². The maximum absolute atomic E-state index is 4.48. The van der Waals surface area contributed by atoms with E-state index in [0.29, 0.717) is 5.41 Å². The van der Waals surface area contributed by atoms with Crippen LogP contribution in [-0.4, -0.2) is 22.1 Å². The lowest BCUT2D eigenvalue weighted by atomic mass is 9.71. The molecule has 1 N–H and O–H groups in total. The molecule has 2 saturated carbocycles. The fraction of sp³-hybridized carbons (Fsp3) is 0.812. The minimum absolute atomic E-state index is 0.548. The van der Waals surface area contributed by atoms with E-state index >= 15 is 0 Å². The number of nitrogens with one attached hydrogen (secondary N) is 1. The van der Waals surface area contributed by atoms with Gasteiger partial charge in [-0.1, -0.05) is 19.3 Å². The smallest absolute Gasteiger partial charge is 0.108 e. The van der Waals surface area contributed by atoms with Crippen LogP contribution >= 0.6 is 0 Å². The predicted octanol–water partition coefficient (Wildman–Crippen LogP) is 3.06. The first-order valence-electron chi connectivity index (χ1n) is 7.97. The molecule has 0 bridgehead atoms. The van der Waals surface area contributed by atoms with E-state index in [0.717, 1.165) is 12.5 Å². The zero-order chi connectivity index (χ0) is 13.1. The highest BCUT2D eigenvalue weighted by Crippen LogP contribution is 2.40. The second kappa shape index (κ2) is 5.66. The molecule has 0 atom stereocenters. The first kappa shape index (κ1) is 13.2. The van der Waals surface area contributed by atoms with E-state index in [-0.39, 0.29) is 0 Å². The van der Waals surface area contributed by atoms with Crippen molar-refractivity contribution in [2.75, 3.05) is 6.54 Å². The number of imidazole rings is 1. The molecule has 0 aliphatic heterocycles. The molecule has 1 heterocycles. The summed E-state index contributed by atoms with van der Waals surface area (Å²) in [5, 5.41) is 3.78. The van der Waals surface area contributed by atoms with Crippen LogP contribution in [0.5, 0.6) is 0 Å². The molecule has 2 fully saturated rings. The Kier molecular flexibility index (Phi) is 3.92. The second-order valence-electron chi connectivity index (χ2n) is 6.67. The third-order valence-electron chi connectivity index (χ3n) is 5.06. The molecule has 2 aliphatic carbocycles. The van der Waals surface area contributed by atoms with Crippen molar-refractivity contribution in [2.24, 2.45) is 12.5 Å². The summed E-state index contributed by atoms with van der Waals surface area (Å²) in [6, 6.07) is 0.840. The van der Waals surface area contributed by atoms with Gasteiger partial charge in [0.25, 0.3) is 0 Å². The lowest BCUT2D eigenvalue weighted by molar-refractivity contribution is 0.165. The molecule has 0 spiro atoms. The van der Waals surface area contributed by atoms with Gasteiger partial charge in [-0.25, -0.2) is 4.98 Å². The van der Waals surface area contributed by atoms with Gasteiger partial charge < -0.3 is 9.88 Å². The fourth-order valence-corrected chi connectivity index (χ4v) is 3.48. The molecular formula is C16H27N3. The number of hydrogen-bond acceptors (Lipinski definition) is 2. The molecule has 3 nitrogen and oxygen atoms in total. The Morgan fingerprint density at radius 1 is 1.32 bits per heavy atom. The Balaban J connectivity index is 1.59. The molecular weight excluding hydrogens is 234 g/mol. The third-order valence-corrected chi connectivity index (χ3v) is 5.06. The molecule has 0 radical (unpaired) electrons. The van der Waals surface area contributed by atoms with Crippen LogP contribution in [0, 0.1) is 5.41 Å². The number of nitrogens with zero attached hydrogens (tertiary/aromatic N) is 2. The number of rotatable bonds is 6. The Bertz CT molecular complexity index is 400. The fourth-order valence-electron chi connectivity index (χ4n) is 3.48. The average Bonchev–Trinajstić information content (AvgIpc) is 3.18. The normalized spacial score (nSPS) is 22.6. The summed E-state index contributed by atoms with van der Waals surface area (Å²) in [5.41, 5.74) is 0.548. The van der Waals surface area contributed by atoms with Crippen LogP contribution in [0.3, 0.4) is 0 Å². The third kappa shape index (κ3) is 3.38. The van der Waals surface area contributed by atoms with E-state index in [2.05, 4.69) is 28.1 Å². The van der Waals surface area contributed by atoms with Crippen molar-refractivity contribution in [1.29, 1.82) is 0 Å². The topological polar surface area (TPSA) is 29.9 Å². The molecule has 0 unspecified atom stereocenters. The van der Waals surface area contributed by atoms with E-state index in [1.165, 1.54) is 63.7 Å². The van der Waals surface area contributed by atoms with E-state index in [1.54, 1.807) is 0 Å². The van der Waals surface area contributed by atoms with Gasteiger partial charge >= 0.3 is 0 Å². The van der Waals surface area contributed by atoms with Crippen molar-refractivity contribution in [3.8, 4) is 0 Å². The largest absolute Gasteiger partial charge is 0.338 e. The van der Waals surface area contributed by atoms with Crippen LogP contribution in [0.4, 0.5) is 0 Å². The zero-order valence-electron chi connectivity index (χ0n) is 12.2. The summed E-state index contributed by atoms with van der Waals surface area (Å²) in [5.74, 6) is 1.25. The molecule has 0 amide bonds. The molecule has 1 aromatic heterocycles. The number of aryl methyl sites for hydroxylation is 2. The first-order valence-corrected chi connectivity index (χ1v) is 7.97. The van der Waals surface area contributed by atoms with E-state index in [4.69, 9.17) is 0 Å². The average molecular weight is 261 g/mol. The van der Waals surface area contributed by atoms with Crippen molar-refractivity contribution in [2.45, 2.75) is 63.8 Å². The van der Waals surface area contributed by atoms with Gasteiger partial charge in [-0.3, -0.25) is 0 Å². The summed E-state index contributed by atoms with van der Waals surface area (Å²) in [6.07, 6.45) is 16.3. The van der Waals surface area contributed by atoms with Gasteiger partial charge in [0.1, 0.15) is 5.82 Å². The Hall–Kier alpha value is -0.830. The maximum atomic E-state index is 4.48. The first-order chi connectivity index (χ1) is 9.27. The van der Waals surface area contributed by atoms with Crippen molar-refractivity contribution < 1.29 is 0 Å². The molecule has 0 aromatic carbocycles. The van der Waals surface area contributed by atoms with Gasteiger partial charge in [-0.2, -0.15) is 0 Å². The monoisotopic (exact) mass is 261 g/mol. The van der Waals surface area contributed by atoms with Gasteiger partial charge in [0.05, 0.1) is 0 Å². The van der Waals surface area contributed by atoms with Gasteiger partial charge in [0.2, 0.25) is 0 Å². The maximum Gasteiger partial charge on any atom is 0.108 e. The van der Waals surface area contributed by atoms with E-state index in [1.807, 2.05) is 6.20 Å². The van der Waals surface area contributed by atoms with Crippen molar-refractivity contribution in [3.05, 3.63) is 18.2 Å². The van der Waals surface area contributed by atoms with Gasteiger partial charge in [0, 0.05) is 38.4 Å². The zero-order valence-corrected chi connectivity index (χ0v) is 12.2. The predicted molar refractivity (Wildman–Crippen MR) is 78.1 cm³/mol. The van der Waals surface area contributed by atoms with Crippen molar-refractivity contribution >= 4 is 0 Å². The Morgan fingerprint density at radius 2 is 2.11 bits per heavy atom. The SMILES string of the molecule is Cn1ccnc1CCC1(CNC2CC2)CCCCC1. The van der Waals surface area contributed by atoms with E-state index < -0.39 is 0 Å². The highest BCUT2D eigenvalue weighted by atomic mass is 15.0. The minimum Gasteiger partial charge on any atom is -0.338 e. The molecule has 3 rings (SSSR count). The van der Waals surface area contributed by atoms with Crippen LogP contribution in [0.2, 0.25) is 0 Å². The molecule has 0 saturated heterocycles. The highest BCUT2D eigenvalue weighted by molar-refractivity contribution is 4.96. The molecule has 19 heavy (non-hydrogen) atoms. The van der Waals surface area contributed by atoms with Crippen LogP contribution in [-0.2, 0) is 13.5 Å². The molecule has 3 heteroatoms. The summed E-state index contributed by atoms with van der Waals surface area (Å²) < 4.78 is 2.17. The number of aromatic nitrogens is 2. The van der Waals surface area contributed by atoms with Gasteiger partial charge in [-0.15, -0.1) is 0 Å². The van der Waals surface area contributed by atoms with E-state index in [9.17, 15) is 0 Å². The molecule has 106 valence electrons. The van der Waals surface area contributed by atoms with Crippen LogP contribution in [0.25, 0.3) is 0 Å². The summed E-state index contributed by atoms with van der Waals surface area (Å²) in [7, 11) is 2.11. The lowest BCUT2D eigenvalue weighted by Crippen LogP contribution is -2.37. The Labute approximate surface area is 116 Å². The molecule has 1 aromatic rings. The summed E-state index contributed by atoms with van der Waals surface area (Å²) in [4.78, 5) is 4.48. The van der Waals surface area contributed by atoms with Crippen molar-refractivity contribution in [1.82, 2.24) is 14.9 Å². The highest BCUT2D eigenvalue weighted by Gasteiger charge is 2.33. The quantitative estimate of drug-likeness (QED) is 0.853. The van der Waals surface area contributed by atoms with Gasteiger partial charge in [0.15, 0.2) is 0 Å². The van der Waals surface area contributed by atoms with Gasteiger partial charge in [-0.05, 0) is 37.5 Å².